The van der Waals surface area contributed by atoms with E-state index in [0.717, 1.165) is 10.4 Å². The number of amides is 1. The average Bonchev–Trinajstić information content (AvgIpc) is 3.34. The van der Waals surface area contributed by atoms with Gasteiger partial charge in [-0.15, -0.1) is 11.3 Å². The van der Waals surface area contributed by atoms with E-state index in [9.17, 15) is 20.0 Å². The molecule has 0 aliphatic rings. The van der Waals surface area contributed by atoms with Crippen LogP contribution in [0.4, 0.5) is 5.69 Å². The van der Waals surface area contributed by atoms with Crippen molar-refractivity contribution in [2.45, 2.75) is 12.0 Å². The van der Waals surface area contributed by atoms with Crippen molar-refractivity contribution in [2.24, 2.45) is 0 Å². The highest BCUT2D eigenvalue weighted by molar-refractivity contribution is 7.10. The molecule has 0 aliphatic carbocycles. The predicted molar refractivity (Wildman–Crippen MR) is 101 cm³/mol. The Hall–Kier alpha value is -2.55. The van der Waals surface area contributed by atoms with Gasteiger partial charge in [-0.25, -0.2) is 0 Å². The Balaban J connectivity index is 1.67. The van der Waals surface area contributed by atoms with Crippen LogP contribution in [0.2, 0.25) is 0 Å². The molecule has 3 aromatic rings. The second kappa shape index (κ2) is 7.77. The van der Waals surface area contributed by atoms with E-state index in [1.165, 1.54) is 34.8 Å². The number of carbonyl (C=O) groups excluding carboxylic acids is 1. The molecule has 26 heavy (non-hydrogen) atoms. The Morgan fingerprint density at radius 1 is 1.19 bits per heavy atom. The smallest absolute Gasteiger partial charge is 0.269 e. The molecule has 0 saturated heterocycles. The summed E-state index contributed by atoms with van der Waals surface area (Å²) in [5.41, 5.74) is 0.113. The van der Waals surface area contributed by atoms with Crippen molar-refractivity contribution in [2.75, 3.05) is 6.54 Å². The van der Waals surface area contributed by atoms with E-state index >= 15 is 0 Å². The Bertz CT molecular complexity index is 840. The first-order valence-electron chi connectivity index (χ1n) is 7.78. The average molecular weight is 388 g/mol. The topological polar surface area (TPSA) is 92.5 Å². The molecule has 1 unspecified atom stereocenters. The number of nitro groups is 1. The van der Waals surface area contributed by atoms with Crippen LogP contribution in [-0.4, -0.2) is 22.5 Å². The number of benzene rings is 1. The van der Waals surface area contributed by atoms with Gasteiger partial charge in [0.25, 0.3) is 5.69 Å². The lowest BCUT2D eigenvalue weighted by molar-refractivity contribution is -0.384. The molecule has 0 saturated carbocycles. The fourth-order valence-electron chi connectivity index (χ4n) is 2.56. The first kappa shape index (κ1) is 18.2. The molecule has 1 aromatic carbocycles. The second-order valence-corrected chi connectivity index (χ2v) is 7.45. The lowest BCUT2D eigenvalue weighted by Crippen LogP contribution is -2.41. The van der Waals surface area contributed by atoms with Gasteiger partial charge in [-0.05, 0) is 33.8 Å². The Morgan fingerprint density at radius 3 is 2.54 bits per heavy atom. The van der Waals surface area contributed by atoms with Crippen LogP contribution >= 0.6 is 22.7 Å². The number of hydrogen-bond acceptors (Lipinski definition) is 6. The van der Waals surface area contributed by atoms with Gasteiger partial charge >= 0.3 is 0 Å². The van der Waals surface area contributed by atoms with Crippen molar-refractivity contribution in [3.8, 4) is 0 Å². The number of nitro benzene ring substituents is 1. The minimum absolute atomic E-state index is 0.0151. The molecule has 0 radical (unpaired) electrons. The van der Waals surface area contributed by atoms with Gasteiger partial charge in [-0.3, -0.25) is 14.9 Å². The van der Waals surface area contributed by atoms with Crippen LogP contribution in [0.3, 0.4) is 0 Å². The maximum absolute atomic E-state index is 12.3. The zero-order chi connectivity index (χ0) is 18.6. The van der Waals surface area contributed by atoms with Crippen molar-refractivity contribution < 1.29 is 14.8 Å². The lowest BCUT2D eigenvalue weighted by atomic mass is 9.94. The maximum Gasteiger partial charge on any atom is 0.269 e. The van der Waals surface area contributed by atoms with Crippen molar-refractivity contribution in [3.05, 3.63) is 84.7 Å². The molecule has 1 amide bonds. The molecule has 134 valence electrons. The Kier molecular flexibility index (Phi) is 5.46. The summed E-state index contributed by atoms with van der Waals surface area (Å²) >= 11 is 2.91. The summed E-state index contributed by atoms with van der Waals surface area (Å²) in [6, 6.07) is 11.4. The number of nitrogens with zero attached hydrogens (tertiary/aromatic N) is 1. The summed E-state index contributed by atoms with van der Waals surface area (Å²) in [6.45, 7) is 0.0516. The third-order valence-corrected chi connectivity index (χ3v) is 5.68. The number of aliphatic hydroxyl groups is 1. The van der Waals surface area contributed by atoms with Crippen LogP contribution in [-0.2, 0) is 16.8 Å². The number of rotatable bonds is 7. The predicted octanol–water partition coefficient (Wildman–Crippen LogP) is 3.31. The summed E-state index contributed by atoms with van der Waals surface area (Å²) in [5.74, 6) is -0.260. The lowest BCUT2D eigenvalue weighted by Gasteiger charge is -2.27. The SMILES string of the molecule is O=C(Cc1ccc([N+](=O)[O-])cc1)NCC(O)(c1ccsc1)c1cccs1. The summed E-state index contributed by atoms with van der Waals surface area (Å²) in [5, 5.41) is 30.2. The highest BCUT2D eigenvalue weighted by Crippen LogP contribution is 2.33. The molecule has 2 N–H and O–H groups in total. The van der Waals surface area contributed by atoms with Crippen LogP contribution in [0.15, 0.2) is 58.6 Å². The van der Waals surface area contributed by atoms with Crippen LogP contribution in [0.25, 0.3) is 0 Å². The van der Waals surface area contributed by atoms with E-state index in [2.05, 4.69) is 5.32 Å². The summed E-state index contributed by atoms with van der Waals surface area (Å²) < 4.78 is 0. The first-order chi connectivity index (χ1) is 12.5. The number of non-ortho nitro benzene ring substituents is 1. The van der Waals surface area contributed by atoms with Gasteiger partial charge < -0.3 is 10.4 Å². The molecular weight excluding hydrogens is 372 g/mol. The second-order valence-electron chi connectivity index (χ2n) is 5.73. The number of nitrogens with one attached hydrogen (secondary N) is 1. The molecule has 2 aromatic heterocycles. The quantitative estimate of drug-likeness (QED) is 0.480. The third kappa shape index (κ3) is 3.98. The van der Waals surface area contributed by atoms with E-state index in [4.69, 9.17) is 0 Å². The zero-order valence-corrected chi connectivity index (χ0v) is 15.3. The first-order valence-corrected chi connectivity index (χ1v) is 9.60. The Morgan fingerprint density at radius 2 is 1.96 bits per heavy atom. The van der Waals surface area contributed by atoms with Crippen molar-refractivity contribution in [3.63, 3.8) is 0 Å². The Labute approximate surface area is 157 Å². The largest absolute Gasteiger partial charge is 0.378 e. The molecule has 0 bridgehead atoms. The molecule has 0 spiro atoms. The zero-order valence-electron chi connectivity index (χ0n) is 13.6. The normalized spacial score (nSPS) is 13.1. The molecule has 1 atom stereocenters. The number of carbonyl (C=O) groups is 1. The van der Waals surface area contributed by atoms with Gasteiger partial charge in [0.2, 0.25) is 5.91 Å². The van der Waals surface area contributed by atoms with E-state index in [0.29, 0.717) is 5.56 Å². The van der Waals surface area contributed by atoms with Crippen molar-refractivity contribution in [1.82, 2.24) is 5.32 Å². The van der Waals surface area contributed by atoms with Crippen molar-refractivity contribution >= 4 is 34.3 Å². The van der Waals surface area contributed by atoms with Gasteiger partial charge in [0.05, 0.1) is 17.9 Å². The van der Waals surface area contributed by atoms with Gasteiger partial charge in [0.1, 0.15) is 5.60 Å². The van der Waals surface area contributed by atoms with E-state index < -0.39 is 10.5 Å². The fourth-order valence-corrected chi connectivity index (χ4v) is 4.12. The highest BCUT2D eigenvalue weighted by Gasteiger charge is 2.33. The van der Waals surface area contributed by atoms with Crippen molar-refractivity contribution in [1.29, 1.82) is 0 Å². The van der Waals surface area contributed by atoms with E-state index in [1.807, 2.05) is 34.3 Å². The highest BCUT2D eigenvalue weighted by atomic mass is 32.1. The van der Waals surface area contributed by atoms with E-state index in [-0.39, 0.29) is 24.6 Å². The van der Waals surface area contributed by atoms with Crippen LogP contribution in [0.5, 0.6) is 0 Å². The van der Waals surface area contributed by atoms with Crippen LogP contribution in [0, 0.1) is 10.1 Å². The molecule has 2 heterocycles. The molecule has 6 nitrogen and oxygen atoms in total. The van der Waals surface area contributed by atoms with E-state index in [1.54, 1.807) is 12.1 Å². The molecule has 8 heteroatoms. The van der Waals surface area contributed by atoms with Gasteiger partial charge in [0.15, 0.2) is 0 Å². The summed E-state index contributed by atoms with van der Waals surface area (Å²) in [4.78, 5) is 23.2. The minimum Gasteiger partial charge on any atom is -0.378 e. The monoisotopic (exact) mass is 388 g/mol. The minimum atomic E-state index is -1.28. The standard InChI is InChI=1S/C18H16N2O4S2/c21-17(10-13-3-5-15(6-4-13)20(23)24)19-12-18(22,14-7-9-25-11-14)16-2-1-8-26-16/h1-9,11,22H,10,12H2,(H,19,21). The molecule has 0 fully saturated rings. The maximum atomic E-state index is 12.3. The molecule has 3 rings (SSSR count). The van der Waals surface area contributed by atoms with Gasteiger partial charge in [0, 0.05) is 22.6 Å². The fraction of sp³-hybridized carbons (Fsp3) is 0.167. The molecular formula is C18H16N2O4S2. The van der Waals surface area contributed by atoms with Crippen LogP contribution < -0.4 is 5.32 Å². The van der Waals surface area contributed by atoms with Gasteiger partial charge in [-0.1, -0.05) is 18.2 Å². The number of hydrogen-bond donors (Lipinski definition) is 2. The summed E-state index contributed by atoms with van der Waals surface area (Å²) in [6.07, 6.45) is 0.0855. The summed E-state index contributed by atoms with van der Waals surface area (Å²) in [7, 11) is 0. The third-order valence-electron chi connectivity index (χ3n) is 3.98. The van der Waals surface area contributed by atoms with Gasteiger partial charge in [-0.2, -0.15) is 11.3 Å². The van der Waals surface area contributed by atoms with Crippen LogP contribution in [0.1, 0.15) is 16.0 Å². The number of thiophene rings is 2. The molecule has 0 aliphatic heterocycles.